The Balaban J connectivity index is 1.71. The molecule has 2 nitrogen and oxygen atoms in total. The summed E-state index contributed by atoms with van der Waals surface area (Å²) in [7, 11) is 0. The van der Waals surface area contributed by atoms with Crippen molar-refractivity contribution in [2.45, 2.75) is 32.4 Å². The molecule has 0 radical (unpaired) electrons. The maximum atomic E-state index is 5.58. The molecule has 1 aromatic rings. The Morgan fingerprint density at radius 2 is 2.13 bits per heavy atom. The van der Waals surface area contributed by atoms with Crippen LogP contribution in [0.25, 0.3) is 0 Å². The second-order valence-electron chi connectivity index (χ2n) is 4.35. The number of hydrogen-bond donors (Lipinski definition) is 1. The first-order valence-corrected chi connectivity index (χ1v) is 5.83. The quantitative estimate of drug-likeness (QED) is 0.788. The van der Waals surface area contributed by atoms with Gasteiger partial charge < -0.3 is 10.1 Å². The molecule has 0 amide bonds. The fourth-order valence-corrected chi connectivity index (χ4v) is 1.99. The van der Waals surface area contributed by atoms with Crippen LogP contribution in [0.2, 0.25) is 0 Å². The number of hydrogen-bond acceptors (Lipinski definition) is 1. The van der Waals surface area contributed by atoms with Crippen molar-refractivity contribution in [1.29, 1.82) is 0 Å². The van der Waals surface area contributed by atoms with E-state index in [2.05, 4.69) is 36.5 Å². The Bertz CT molecular complexity index is 288. The zero-order valence-corrected chi connectivity index (χ0v) is 9.41. The summed E-state index contributed by atoms with van der Waals surface area (Å²) < 4.78 is 5.58. The molecule has 1 saturated heterocycles. The van der Waals surface area contributed by atoms with Crippen LogP contribution >= 0.6 is 0 Å². The van der Waals surface area contributed by atoms with E-state index in [4.69, 9.17) is 4.74 Å². The zero-order chi connectivity index (χ0) is 10.5. The van der Waals surface area contributed by atoms with Crippen LogP contribution in [-0.2, 0) is 11.3 Å². The van der Waals surface area contributed by atoms with Gasteiger partial charge in [0.15, 0.2) is 0 Å². The maximum Gasteiger partial charge on any atom is 0.106 e. The Kier molecular flexibility index (Phi) is 3.75. The molecule has 2 heteroatoms. The Hall–Kier alpha value is -0.860. The van der Waals surface area contributed by atoms with Crippen LogP contribution in [-0.4, -0.2) is 19.3 Å². The van der Waals surface area contributed by atoms with Crippen LogP contribution in [0.1, 0.15) is 24.0 Å². The van der Waals surface area contributed by atoms with E-state index >= 15 is 0 Å². The van der Waals surface area contributed by atoms with Crippen LogP contribution in [0.15, 0.2) is 24.3 Å². The van der Waals surface area contributed by atoms with Crippen molar-refractivity contribution in [2.75, 3.05) is 13.2 Å². The molecule has 0 aromatic heterocycles. The molecule has 1 aliphatic rings. The molecular formula is C13H20NO+. The number of aryl methyl sites for hydroxylation is 1. The normalized spacial score (nSPS) is 20.7. The van der Waals surface area contributed by atoms with Crippen molar-refractivity contribution in [3.63, 3.8) is 0 Å². The lowest BCUT2D eigenvalue weighted by atomic mass is 10.1. The Morgan fingerprint density at radius 1 is 1.33 bits per heavy atom. The minimum Gasteiger partial charge on any atom is -0.372 e. The van der Waals surface area contributed by atoms with Crippen LogP contribution < -0.4 is 5.32 Å². The number of rotatable bonds is 4. The summed E-state index contributed by atoms with van der Waals surface area (Å²) in [5, 5.41) is 2.35. The average Bonchev–Trinajstić information content (AvgIpc) is 2.74. The van der Waals surface area contributed by atoms with Crippen LogP contribution in [0.4, 0.5) is 0 Å². The van der Waals surface area contributed by atoms with Crippen molar-refractivity contribution >= 4 is 0 Å². The summed E-state index contributed by atoms with van der Waals surface area (Å²) in [6, 6.07) is 8.77. The predicted molar refractivity (Wildman–Crippen MR) is 60.6 cm³/mol. The van der Waals surface area contributed by atoms with E-state index in [0.29, 0.717) is 6.10 Å². The van der Waals surface area contributed by atoms with Gasteiger partial charge in [-0.3, -0.25) is 0 Å². The molecule has 1 aromatic carbocycles. The van der Waals surface area contributed by atoms with Gasteiger partial charge in [-0.1, -0.05) is 29.8 Å². The topological polar surface area (TPSA) is 25.8 Å². The van der Waals surface area contributed by atoms with Gasteiger partial charge in [0, 0.05) is 12.2 Å². The molecule has 1 aliphatic heterocycles. The molecule has 0 aliphatic carbocycles. The lowest BCUT2D eigenvalue weighted by Crippen LogP contribution is -2.84. The first-order chi connectivity index (χ1) is 7.34. The number of quaternary nitrogens is 1. The van der Waals surface area contributed by atoms with Gasteiger partial charge in [-0.05, 0) is 19.8 Å². The molecule has 1 heterocycles. The standard InChI is InChI=1S/C13H19NO/c1-11-4-6-12(7-5-11)9-14-10-13-3-2-8-15-13/h4-7,13-14H,2-3,8-10H2,1H3/p+1/t13-/m0/s1. The largest absolute Gasteiger partial charge is 0.372 e. The summed E-state index contributed by atoms with van der Waals surface area (Å²) >= 11 is 0. The second-order valence-corrected chi connectivity index (χ2v) is 4.35. The van der Waals surface area contributed by atoms with E-state index in [-0.39, 0.29) is 0 Å². The van der Waals surface area contributed by atoms with Crippen molar-refractivity contribution in [2.24, 2.45) is 0 Å². The average molecular weight is 206 g/mol. The van der Waals surface area contributed by atoms with E-state index in [9.17, 15) is 0 Å². The number of ether oxygens (including phenoxy) is 1. The molecule has 0 unspecified atom stereocenters. The van der Waals surface area contributed by atoms with E-state index in [1.807, 2.05) is 0 Å². The number of nitrogens with two attached hydrogens (primary N) is 1. The van der Waals surface area contributed by atoms with Crippen molar-refractivity contribution in [1.82, 2.24) is 0 Å². The van der Waals surface area contributed by atoms with E-state index in [1.165, 1.54) is 24.0 Å². The Labute approximate surface area is 91.6 Å². The van der Waals surface area contributed by atoms with Crippen molar-refractivity contribution in [3.8, 4) is 0 Å². The molecule has 2 rings (SSSR count). The minimum absolute atomic E-state index is 0.496. The summed E-state index contributed by atoms with van der Waals surface area (Å²) in [5.41, 5.74) is 2.73. The SMILES string of the molecule is Cc1ccc(C[NH2+]C[C@@H]2CCCO2)cc1. The fraction of sp³-hybridized carbons (Fsp3) is 0.538. The van der Waals surface area contributed by atoms with Crippen LogP contribution in [0.5, 0.6) is 0 Å². The molecule has 82 valence electrons. The van der Waals surface area contributed by atoms with Crippen LogP contribution in [0.3, 0.4) is 0 Å². The minimum atomic E-state index is 0.496. The van der Waals surface area contributed by atoms with E-state index < -0.39 is 0 Å². The highest BCUT2D eigenvalue weighted by Crippen LogP contribution is 2.09. The third-order valence-corrected chi connectivity index (χ3v) is 2.95. The molecule has 0 spiro atoms. The van der Waals surface area contributed by atoms with Gasteiger partial charge >= 0.3 is 0 Å². The molecule has 1 atom stereocenters. The summed E-state index contributed by atoms with van der Waals surface area (Å²) in [5.74, 6) is 0. The first kappa shape index (κ1) is 10.7. The highest BCUT2D eigenvalue weighted by Gasteiger charge is 2.16. The van der Waals surface area contributed by atoms with Gasteiger partial charge in [-0.2, -0.15) is 0 Å². The molecule has 15 heavy (non-hydrogen) atoms. The molecule has 2 N–H and O–H groups in total. The van der Waals surface area contributed by atoms with Gasteiger partial charge in [0.05, 0.1) is 0 Å². The highest BCUT2D eigenvalue weighted by atomic mass is 16.5. The summed E-state index contributed by atoms with van der Waals surface area (Å²) in [6.07, 6.45) is 2.98. The van der Waals surface area contributed by atoms with Crippen molar-refractivity contribution in [3.05, 3.63) is 35.4 Å². The smallest absolute Gasteiger partial charge is 0.106 e. The second kappa shape index (κ2) is 5.29. The summed E-state index contributed by atoms with van der Waals surface area (Å²) in [4.78, 5) is 0. The van der Waals surface area contributed by atoms with Crippen molar-refractivity contribution < 1.29 is 10.1 Å². The molecule has 0 bridgehead atoms. The van der Waals surface area contributed by atoms with E-state index in [1.54, 1.807) is 0 Å². The monoisotopic (exact) mass is 206 g/mol. The first-order valence-electron chi connectivity index (χ1n) is 5.83. The lowest BCUT2D eigenvalue weighted by molar-refractivity contribution is -0.676. The van der Waals surface area contributed by atoms with Crippen LogP contribution in [0, 0.1) is 6.92 Å². The molecule has 0 saturated carbocycles. The maximum absolute atomic E-state index is 5.58. The Morgan fingerprint density at radius 3 is 2.80 bits per heavy atom. The van der Waals surface area contributed by atoms with Gasteiger partial charge in [-0.15, -0.1) is 0 Å². The number of benzene rings is 1. The lowest BCUT2D eigenvalue weighted by Gasteiger charge is -2.07. The molecule has 1 fully saturated rings. The summed E-state index contributed by atoms with van der Waals surface area (Å²) in [6.45, 7) is 5.26. The van der Waals surface area contributed by atoms with Gasteiger partial charge in [0.1, 0.15) is 19.2 Å². The fourth-order valence-electron chi connectivity index (χ4n) is 1.99. The van der Waals surface area contributed by atoms with Gasteiger partial charge in [0.2, 0.25) is 0 Å². The predicted octanol–water partition coefficient (Wildman–Crippen LogP) is 1.24. The third kappa shape index (κ3) is 3.33. The van der Waals surface area contributed by atoms with Gasteiger partial charge in [0.25, 0.3) is 0 Å². The van der Waals surface area contributed by atoms with Gasteiger partial charge in [-0.25, -0.2) is 0 Å². The highest BCUT2D eigenvalue weighted by molar-refractivity contribution is 5.20. The zero-order valence-electron chi connectivity index (χ0n) is 9.41. The third-order valence-electron chi connectivity index (χ3n) is 2.95. The molecular weight excluding hydrogens is 186 g/mol. The van der Waals surface area contributed by atoms with E-state index in [0.717, 1.165) is 19.7 Å².